The van der Waals surface area contributed by atoms with Gasteiger partial charge < -0.3 is 8.98 Å². The number of hydrogen-bond acceptors (Lipinski definition) is 3. The molecule has 0 fully saturated rings. The first kappa shape index (κ1) is 25.8. The average Bonchev–Trinajstić information content (AvgIpc) is 3.73. The van der Waals surface area contributed by atoms with Gasteiger partial charge in [0.2, 0.25) is 5.71 Å². The molecule has 45 heavy (non-hydrogen) atoms. The van der Waals surface area contributed by atoms with Gasteiger partial charge in [-0.05, 0) is 71.6 Å². The van der Waals surface area contributed by atoms with Crippen molar-refractivity contribution in [2.24, 2.45) is 0 Å². The van der Waals surface area contributed by atoms with E-state index >= 15 is 0 Å². The highest BCUT2D eigenvalue weighted by molar-refractivity contribution is 6.11. The summed E-state index contributed by atoms with van der Waals surface area (Å²) < 4.78 is 11.0. The standard InChI is InChI=1S/C40H30N4O/c1-40(2,3)25-18-20-28-29-21-19-27(24-36(29)43(35(28)23-25)26-11-5-4-6-12-26)44-34-17-8-7-16-33(34)42-38(44)32-14-9-13-30-31-15-10-22-41-39(31)45-37(30)32/h4-24H,1-3H3. The molecular formula is C40H30N4O. The van der Waals surface area contributed by atoms with Crippen LogP contribution in [0.4, 0.5) is 0 Å². The summed E-state index contributed by atoms with van der Waals surface area (Å²) in [6, 6.07) is 42.9. The maximum Gasteiger partial charge on any atom is 0.227 e. The number of pyridine rings is 1. The van der Waals surface area contributed by atoms with Crippen LogP contribution in [0, 0.1) is 0 Å². The third-order valence-corrected chi connectivity index (χ3v) is 8.97. The minimum Gasteiger partial charge on any atom is -0.437 e. The van der Waals surface area contributed by atoms with Crippen molar-refractivity contribution in [1.29, 1.82) is 0 Å². The summed E-state index contributed by atoms with van der Waals surface area (Å²) in [6.07, 6.45) is 1.77. The number of hydrogen-bond donors (Lipinski definition) is 0. The quantitative estimate of drug-likeness (QED) is 0.208. The van der Waals surface area contributed by atoms with E-state index in [2.05, 4.69) is 144 Å². The van der Waals surface area contributed by atoms with Crippen LogP contribution in [0.5, 0.6) is 0 Å². The largest absolute Gasteiger partial charge is 0.437 e. The molecule has 0 saturated heterocycles. The van der Waals surface area contributed by atoms with Crippen molar-refractivity contribution >= 4 is 54.9 Å². The molecular weight excluding hydrogens is 552 g/mol. The summed E-state index contributed by atoms with van der Waals surface area (Å²) in [5.41, 5.74) is 10.2. The van der Waals surface area contributed by atoms with Crippen LogP contribution in [-0.2, 0) is 5.41 Å². The van der Waals surface area contributed by atoms with E-state index in [4.69, 9.17) is 9.40 Å². The van der Waals surface area contributed by atoms with E-state index in [-0.39, 0.29) is 5.41 Å². The van der Waals surface area contributed by atoms with Crippen LogP contribution in [0.1, 0.15) is 26.3 Å². The topological polar surface area (TPSA) is 48.8 Å². The number of rotatable bonds is 3. The molecule has 0 aliphatic heterocycles. The first-order valence-corrected chi connectivity index (χ1v) is 15.3. The van der Waals surface area contributed by atoms with Crippen molar-refractivity contribution in [1.82, 2.24) is 19.1 Å². The number of furan rings is 1. The minimum absolute atomic E-state index is 0.0368. The second kappa shape index (κ2) is 9.41. The van der Waals surface area contributed by atoms with Gasteiger partial charge in [0, 0.05) is 39.1 Å². The molecule has 5 heteroatoms. The number of fused-ring (bicyclic) bond motifs is 7. The third-order valence-electron chi connectivity index (χ3n) is 8.97. The van der Waals surface area contributed by atoms with Crippen molar-refractivity contribution in [3.63, 3.8) is 0 Å². The van der Waals surface area contributed by atoms with Gasteiger partial charge in [-0.3, -0.25) is 4.57 Å². The van der Waals surface area contributed by atoms with Crippen molar-refractivity contribution in [3.8, 4) is 22.8 Å². The van der Waals surface area contributed by atoms with Crippen LogP contribution in [0.25, 0.3) is 77.7 Å². The summed E-state index contributed by atoms with van der Waals surface area (Å²) in [7, 11) is 0. The Labute approximate surface area is 260 Å². The number of benzene rings is 5. The molecule has 0 aliphatic rings. The number of para-hydroxylation sites is 4. The summed E-state index contributed by atoms with van der Waals surface area (Å²) in [4.78, 5) is 9.69. The molecule has 0 atom stereocenters. The maximum absolute atomic E-state index is 6.38. The van der Waals surface area contributed by atoms with Gasteiger partial charge in [-0.15, -0.1) is 0 Å². The number of imidazole rings is 1. The van der Waals surface area contributed by atoms with Gasteiger partial charge in [0.05, 0.1) is 27.6 Å². The van der Waals surface area contributed by atoms with Crippen LogP contribution < -0.4 is 0 Å². The second-order valence-corrected chi connectivity index (χ2v) is 12.8. The molecule has 216 valence electrons. The Kier molecular flexibility index (Phi) is 5.39. The van der Waals surface area contributed by atoms with Crippen molar-refractivity contribution in [2.45, 2.75) is 26.2 Å². The zero-order chi connectivity index (χ0) is 30.3. The highest BCUT2D eigenvalue weighted by Gasteiger charge is 2.22. The van der Waals surface area contributed by atoms with Gasteiger partial charge >= 0.3 is 0 Å². The van der Waals surface area contributed by atoms with E-state index in [1.165, 1.54) is 21.9 Å². The second-order valence-electron chi connectivity index (χ2n) is 12.8. The smallest absolute Gasteiger partial charge is 0.227 e. The van der Waals surface area contributed by atoms with Crippen molar-refractivity contribution < 1.29 is 4.42 Å². The lowest BCUT2D eigenvalue weighted by Crippen LogP contribution is -2.10. The van der Waals surface area contributed by atoms with E-state index < -0.39 is 0 Å². The predicted octanol–water partition coefficient (Wildman–Crippen LogP) is 10.4. The molecule has 4 heterocycles. The molecule has 0 unspecified atom stereocenters. The Hall–Kier alpha value is -5.68. The molecule has 0 spiro atoms. The molecule has 0 bridgehead atoms. The zero-order valence-electron chi connectivity index (χ0n) is 25.3. The Morgan fingerprint density at radius 1 is 0.578 bits per heavy atom. The fourth-order valence-electron chi connectivity index (χ4n) is 6.74. The van der Waals surface area contributed by atoms with Crippen molar-refractivity contribution in [3.05, 3.63) is 133 Å². The average molecular weight is 583 g/mol. The highest BCUT2D eigenvalue weighted by Crippen LogP contribution is 2.40. The Balaban J connectivity index is 1.36. The Morgan fingerprint density at radius 2 is 1.33 bits per heavy atom. The molecule has 0 N–H and O–H groups in total. The number of nitrogens with zero attached hydrogens (tertiary/aromatic N) is 4. The van der Waals surface area contributed by atoms with Gasteiger partial charge in [0.25, 0.3) is 0 Å². The molecule has 9 aromatic rings. The van der Waals surface area contributed by atoms with Crippen LogP contribution in [0.15, 0.2) is 132 Å². The lowest BCUT2D eigenvalue weighted by atomic mass is 9.86. The Morgan fingerprint density at radius 3 is 2.18 bits per heavy atom. The number of aromatic nitrogens is 4. The molecule has 9 rings (SSSR count). The summed E-state index contributed by atoms with van der Waals surface area (Å²) in [5, 5.41) is 4.49. The monoisotopic (exact) mass is 582 g/mol. The van der Waals surface area contributed by atoms with Crippen LogP contribution in [-0.4, -0.2) is 19.1 Å². The molecule has 0 radical (unpaired) electrons. The highest BCUT2D eigenvalue weighted by atomic mass is 16.3. The van der Waals surface area contributed by atoms with E-state index in [9.17, 15) is 0 Å². The SMILES string of the molecule is CC(C)(C)c1ccc2c3ccc(-n4c(-c5cccc6c5oc5ncccc56)nc5ccccc54)cc3n(-c3ccccc3)c2c1. The lowest BCUT2D eigenvalue weighted by molar-refractivity contribution is 0.591. The van der Waals surface area contributed by atoms with Gasteiger partial charge in [-0.2, -0.15) is 0 Å². The summed E-state index contributed by atoms with van der Waals surface area (Å²) in [6.45, 7) is 6.81. The lowest BCUT2D eigenvalue weighted by Gasteiger charge is -2.19. The van der Waals surface area contributed by atoms with Gasteiger partial charge in [0.15, 0.2) is 0 Å². The fourth-order valence-corrected chi connectivity index (χ4v) is 6.74. The van der Waals surface area contributed by atoms with E-state index in [0.29, 0.717) is 5.71 Å². The molecule has 5 nitrogen and oxygen atoms in total. The first-order valence-electron chi connectivity index (χ1n) is 15.3. The van der Waals surface area contributed by atoms with E-state index in [0.717, 1.165) is 55.7 Å². The maximum atomic E-state index is 6.38. The fraction of sp³-hybridized carbons (Fsp3) is 0.100. The summed E-state index contributed by atoms with van der Waals surface area (Å²) in [5.74, 6) is 0.831. The van der Waals surface area contributed by atoms with Crippen LogP contribution in [0.3, 0.4) is 0 Å². The van der Waals surface area contributed by atoms with Gasteiger partial charge in [-0.25, -0.2) is 9.97 Å². The molecule has 4 aromatic heterocycles. The third kappa shape index (κ3) is 3.87. The molecule has 0 aliphatic carbocycles. The van der Waals surface area contributed by atoms with Crippen LogP contribution in [0.2, 0.25) is 0 Å². The van der Waals surface area contributed by atoms with Crippen LogP contribution >= 0.6 is 0 Å². The molecule has 0 saturated carbocycles. The van der Waals surface area contributed by atoms with E-state index in [1.807, 2.05) is 12.1 Å². The van der Waals surface area contributed by atoms with Crippen molar-refractivity contribution in [2.75, 3.05) is 0 Å². The zero-order valence-corrected chi connectivity index (χ0v) is 25.3. The molecule has 0 amide bonds. The Bertz CT molecular complexity index is 2580. The first-order chi connectivity index (χ1) is 22.0. The molecule has 5 aromatic carbocycles. The van der Waals surface area contributed by atoms with E-state index in [1.54, 1.807) is 6.20 Å². The normalized spacial score (nSPS) is 12.3. The van der Waals surface area contributed by atoms with Gasteiger partial charge in [-0.1, -0.05) is 81.4 Å². The summed E-state index contributed by atoms with van der Waals surface area (Å²) >= 11 is 0. The van der Waals surface area contributed by atoms with Gasteiger partial charge in [0.1, 0.15) is 11.4 Å². The predicted molar refractivity (Wildman–Crippen MR) is 185 cm³/mol. The minimum atomic E-state index is 0.0368.